The van der Waals surface area contributed by atoms with Crippen LogP contribution in [0.3, 0.4) is 0 Å². The Morgan fingerprint density at radius 1 is 1.11 bits per heavy atom. The molecule has 1 atom stereocenters. The van der Waals surface area contributed by atoms with Gasteiger partial charge in [0, 0.05) is 24.4 Å². The van der Waals surface area contributed by atoms with Crippen molar-refractivity contribution in [3.63, 3.8) is 0 Å². The number of para-hydroxylation sites is 1. The topological polar surface area (TPSA) is 118 Å². The zero-order chi connectivity index (χ0) is 25.3. The molecule has 0 aromatic heterocycles. The zero-order valence-corrected chi connectivity index (χ0v) is 18.4. The molecule has 1 saturated heterocycles. The summed E-state index contributed by atoms with van der Waals surface area (Å²) in [5.74, 6) is -2.26. The molecule has 3 rings (SSSR count). The first-order valence-electron chi connectivity index (χ1n) is 10.6. The number of hydrazone groups is 1. The minimum absolute atomic E-state index is 0.0243. The van der Waals surface area contributed by atoms with E-state index in [2.05, 4.69) is 21.2 Å². The standard InChI is InChI=1S/C23H23F3N4O5/c24-23(25,26)16-6-3-7-17(11-16)29-20(31)14-35-19-9-2-1-5-15(19)12-28-30-22(33)21(32)27-13-18-8-4-10-34-18/h1-3,5-7,9,11-12,18H,4,8,10,13-14H2,(H,27,32)(H,29,31)(H,30,33)/b28-12-/t18-/m0/s1. The number of ether oxygens (including phenoxy) is 2. The average Bonchev–Trinajstić information content (AvgIpc) is 3.35. The van der Waals surface area contributed by atoms with Crippen molar-refractivity contribution < 1.29 is 37.0 Å². The zero-order valence-electron chi connectivity index (χ0n) is 18.4. The van der Waals surface area contributed by atoms with Gasteiger partial charge >= 0.3 is 18.0 Å². The first kappa shape index (κ1) is 25.7. The SMILES string of the molecule is O=C(COc1ccccc1/C=N\NC(=O)C(=O)NC[C@@H]1CCCO1)Nc1cccc(C(F)(F)F)c1. The predicted molar refractivity (Wildman–Crippen MR) is 120 cm³/mol. The number of hydrogen-bond donors (Lipinski definition) is 3. The number of amides is 3. The largest absolute Gasteiger partial charge is 0.483 e. The smallest absolute Gasteiger partial charge is 0.416 e. The Morgan fingerprint density at radius 3 is 2.66 bits per heavy atom. The number of carbonyl (C=O) groups excluding carboxylic acids is 3. The van der Waals surface area contributed by atoms with E-state index in [4.69, 9.17) is 9.47 Å². The van der Waals surface area contributed by atoms with Gasteiger partial charge in [0.15, 0.2) is 6.61 Å². The Hall–Kier alpha value is -3.93. The molecule has 1 aliphatic heterocycles. The van der Waals surface area contributed by atoms with Crippen LogP contribution in [0.4, 0.5) is 18.9 Å². The van der Waals surface area contributed by atoms with E-state index in [0.717, 1.165) is 25.0 Å². The van der Waals surface area contributed by atoms with E-state index < -0.39 is 36.1 Å². The number of carbonyl (C=O) groups is 3. The molecule has 2 aromatic rings. The van der Waals surface area contributed by atoms with E-state index in [-0.39, 0.29) is 24.1 Å². The molecule has 1 aliphatic rings. The third kappa shape index (κ3) is 8.10. The number of alkyl halides is 3. The van der Waals surface area contributed by atoms with Gasteiger partial charge < -0.3 is 20.1 Å². The Bertz CT molecular complexity index is 1080. The van der Waals surface area contributed by atoms with E-state index in [1.54, 1.807) is 18.2 Å². The third-order valence-electron chi connectivity index (χ3n) is 4.84. The van der Waals surface area contributed by atoms with Gasteiger partial charge in [-0.3, -0.25) is 14.4 Å². The molecule has 1 heterocycles. The van der Waals surface area contributed by atoms with Gasteiger partial charge in [-0.2, -0.15) is 18.3 Å². The molecular formula is C23H23F3N4O5. The lowest BCUT2D eigenvalue weighted by Gasteiger charge is -2.11. The van der Waals surface area contributed by atoms with Crippen LogP contribution in [-0.4, -0.2) is 49.8 Å². The maximum absolute atomic E-state index is 12.8. The second-order valence-electron chi connectivity index (χ2n) is 7.50. The van der Waals surface area contributed by atoms with Crippen LogP contribution in [0.5, 0.6) is 5.75 Å². The van der Waals surface area contributed by atoms with Gasteiger partial charge in [-0.05, 0) is 43.2 Å². The lowest BCUT2D eigenvalue weighted by atomic mass is 10.2. The van der Waals surface area contributed by atoms with Crippen molar-refractivity contribution in [1.29, 1.82) is 0 Å². The van der Waals surface area contributed by atoms with E-state index >= 15 is 0 Å². The lowest BCUT2D eigenvalue weighted by molar-refractivity contribution is -0.139. The predicted octanol–water partition coefficient (Wildman–Crippen LogP) is 2.47. The fraction of sp³-hybridized carbons (Fsp3) is 0.304. The summed E-state index contributed by atoms with van der Waals surface area (Å²) in [4.78, 5) is 35.8. The molecule has 12 heteroatoms. The highest BCUT2D eigenvalue weighted by Gasteiger charge is 2.30. The Balaban J connectivity index is 1.49. The summed E-state index contributed by atoms with van der Waals surface area (Å²) in [6.45, 7) is 0.375. The van der Waals surface area contributed by atoms with Crippen LogP contribution in [-0.2, 0) is 25.3 Å². The lowest BCUT2D eigenvalue weighted by Crippen LogP contribution is -2.41. The summed E-state index contributed by atoms with van der Waals surface area (Å²) in [7, 11) is 0. The minimum atomic E-state index is -4.53. The Labute approximate surface area is 198 Å². The molecule has 1 fully saturated rings. The quantitative estimate of drug-likeness (QED) is 0.297. The second-order valence-corrected chi connectivity index (χ2v) is 7.50. The first-order valence-corrected chi connectivity index (χ1v) is 10.6. The van der Waals surface area contributed by atoms with E-state index in [1.807, 2.05) is 0 Å². The van der Waals surface area contributed by atoms with Gasteiger partial charge in [0.2, 0.25) is 0 Å². The summed E-state index contributed by atoms with van der Waals surface area (Å²) >= 11 is 0. The summed E-state index contributed by atoms with van der Waals surface area (Å²) in [5, 5.41) is 8.53. The van der Waals surface area contributed by atoms with Crippen molar-refractivity contribution in [1.82, 2.24) is 10.7 Å². The van der Waals surface area contributed by atoms with Crippen LogP contribution in [0, 0.1) is 0 Å². The Morgan fingerprint density at radius 2 is 1.91 bits per heavy atom. The van der Waals surface area contributed by atoms with Gasteiger partial charge in [0.05, 0.1) is 17.9 Å². The molecule has 0 radical (unpaired) electrons. The molecule has 186 valence electrons. The molecule has 3 N–H and O–H groups in total. The summed E-state index contributed by atoms with van der Waals surface area (Å²) < 4.78 is 49.2. The molecule has 0 unspecified atom stereocenters. The summed E-state index contributed by atoms with van der Waals surface area (Å²) in [6, 6.07) is 10.6. The van der Waals surface area contributed by atoms with Crippen LogP contribution in [0.15, 0.2) is 53.6 Å². The fourth-order valence-electron chi connectivity index (χ4n) is 3.14. The number of anilines is 1. The average molecular weight is 492 g/mol. The number of nitrogens with zero attached hydrogens (tertiary/aromatic N) is 1. The molecule has 35 heavy (non-hydrogen) atoms. The van der Waals surface area contributed by atoms with Crippen LogP contribution >= 0.6 is 0 Å². The summed E-state index contributed by atoms with van der Waals surface area (Å²) in [6.07, 6.45) is -1.69. The first-order chi connectivity index (χ1) is 16.7. The molecule has 3 amide bonds. The molecule has 0 bridgehead atoms. The van der Waals surface area contributed by atoms with Gasteiger partial charge in [-0.15, -0.1) is 0 Å². The van der Waals surface area contributed by atoms with Crippen LogP contribution in [0.25, 0.3) is 0 Å². The fourth-order valence-corrected chi connectivity index (χ4v) is 3.14. The molecule has 2 aromatic carbocycles. The monoisotopic (exact) mass is 492 g/mol. The van der Waals surface area contributed by atoms with Crippen molar-refractivity contribution in [2.75, 3.05) is 25.1 Å². The van der Waals surface area contributed by atoms with E-state index in [9.17, 15) is 27.6 Å². The highest BCUT2D eigenvalue weighted by atomic mass is 19.4. The van der Waals surface area contributed by atoms with Crippen molar-refractivity contribution in [3.05, 3.63) is 59.7 Å². The number of hydrogen-bond acceptors (Lipinski definition) is 6. The minimum Gasteiger partial charge on any atom is -0.483 e. The number of benzene rings is 2. The number of nitrogens with one attached hydrogen (secondary N) is 3. The second kappa shape index (κ2) is 12.0. The highest BCUT2D eigenvalue weighted by molar-refractivity contribution is 6.35. The maximum atomic E-state index is 12.8. The van der Waals surface area contributed by atoms with Gasteiger partial charge in [-0.25, -0.2) is 5.43 Å². The number of halogens is 3. The van der Waals surface area contributed by atoms with Crippen molar-refractivity contribution >= 4 is 29.6 Å². The van der Waals surface area contributed by atoms with Crippen LogP contribution in [0.2, 0.25) is 0 Å². The van der Waals surface area contributed by atoms with Gasteiger partial charge in [-0.1, -0.05) is 18.2 Å². The highest BCUT2D eigenvalue weighted by Crippen LogP contribution is 2.30. The molecule has 0 aliphatic carbocycles. The van der Waals surface area contributed by atoms with Crippen molar-refractivity contribution in [2.45, 2.75) is 25.1 Å². The van der Waals surface area contributed by atoms with E-state index in [1.165, 1.54) is 24.4 Å². The normalized spacial score (nSPS) is 15.6. The molecule has 0 saturated carbocycles. The molecular weight excluding hydrogens is 469 g/mol. The van der Waals surface area contributed by atoms with Gasteiger partial charge in [0.25, 0.3) is 5.91 Å². The summed E-state index contributed by atoms with van der Waals surface area (Å²) in [5.41, 5.74) is 1.57. The van der Waals surface area contributed by atoms with E-state index in [0.29, 0.717) is 12.2 Å². The van der Waals surface area contributed by atoms with Crippen LogP contribution < -0.4 is 20.8 Å². The third-order valence-corrected chi connectivity index (χ3v) is 4.84. The van der Waals surface area contributed by atoms with Crippen molar-refractivity contribution in [3.8, 4) is 5.75 Å². The molecule has 9 nitrogen and oxygen atoms in total. The maximum Gasteiger partial charge on any atom is 0.416 e. The Kier molecular flexibility index (Phi) is 8.79. The van der Waals surface area contributed by atoms with Crippen molar-refractivity contribution in [2.24, 2.45) is 5.10 Å². The van der Waals surface area contributed by atoms with Gasteiger partial charge in [0.1, 0.15) is 5.75 Å². The number of rotatable bonds is 8. The van der Waals surface area contributed by atoms with Crippen LogP contribution in [0.1, 0.15) is 24.0 Å². The molecule has 0 spiro atoms.